The summed E-state index contributed by atoms with van der Waals surface area (Å²) in [5.41, 5.74) is 6.83. The molecule has 0 bridgehead atoms. The van der Waals surface area contributed by atoms with Crippen LogP contribution in [0.5, 0.6) is 0 Å². The topological polar surface area (TPSA) is 26.0 Å². The molecular formula is C8H13N. The first-order chi connectivity index (χ1) is 4.33. The minimum Gasteiger partial charge on any atom is -0.330 e. The number of allylic oxidation sites excluding steroid dienone is 3. The summed E-state index contributed by atoms with van der Waals surface area (Å²) in [7, 11) is 0. The number of hydrogen-bond donors (Lipinski definition) is 1. The van der Waals surface area contributed by atoms with Gasteiger partial charge in [0.2, 0.25) is 0 Å². The van der Waals surface area contributed by atoms with Crippen LogP contribution >= 0.6 is 0 Å². The zero-order chi connectivity index (χ0) is 6.69. The molecule has 1 heteroatoms. The van der Waals surface area contributed by atoms with Gasteiger partial charge in [0.05, 0.1) is 0 Å². The van der Waals surface area contributed by atoms with E-state index in [-0.39, 0.29) is 0 Å². The Morgan fingerprint density at radius 2 is 2.56 bits per heavy atom. The van der Waals surface area contributed by atoms with E-state index in [0.29, 0.717) is 5.92 Å². The maximum Gasteiger partial charge on any atom is -0.00111 e. The third kappa shape index (κ3) is 1.68. The molecule has 0 spiro atoms. The fourth-order valence-corrected chi connectivity index (χ4v) is 0.947. The molecule has 0 aliphatic heterocycles. The Morgan fingerprint density at radius 1 is 1.78 bits per heavy atom. The maximum atomic E-state index is 5.47. The van der Waals surface area contributed by atoms with E-state index in [1.54, 1.807) is 0 Å². The molecule has 0 radical (unpaired) electrons. The van der Waals surface area contributed by atoms with Gasteiger partial charge in [-0.05, 0) is 25.8 Å². The third-order valence-corrected chi connectivity index (χ3v) is 1.68. The summed E-state index contributed by atoms with van der Waals surface area (Å²) < 4.78 is 0. The van der Waals surface area contributed by atoms with Gasteiger partial charge in [-0.2, -0.15) is 0 Å². The zero-order valence-electron chi connectivity index (χ0n) is 5.80. The van der Waals surface area contributed by atoms with E-state index in [1.165, 1.54) is 5.57 Å². The normalized spacial score (nSPS) is 26.0. The molecule has 0 aromatic carbocycles. The highest BCUT2D eigenvalue weighted by molar-refractivity contribution is 5.21. The van der Waals surface area contributed by atoms with Gasteiger partial charge < -0.3 is 5.73 Å². The molecule has 9 heavy (non-hydrogen) atoms. The van der Waals surface area contributed by atoms with Crippen LogP contribution in [0.2, 0.25) is 0 Å². The maximum absolute atomic E-state index is 5.47. The van der Waals surface area contributed by atoms with Gasteiger partial charge in [-0.15, -0.1) is 0 Å². The first-order valence-electron chi connectivity index (χ1n) is 3.38. The average Bonchev–Trinajstić information content (AvgIpc) is 1.90. The second kappa shape index (κ2) is 2.83. The van der Waals surface area contributed by atoms with Crippen molar-refractivity contribution in [3.63, 3.8) is 0 Å². The molecule has 0 saturated heterocycles. The van der Waals surface area contributed by atoms with Gasteiger partial charge in [0, 0.05) is 0 Å². The molecule has 0 heterocycles. The lowest BCUT2D eigenvalue weighted by Gasteiger charge is -2.10. The lowest BCUT2D eigenvalue weighted by atomic mass is 9.98. The molecule has 1 aliphatic rings. The Bertz CT molecular complexity index is 145. The molecule has 0 aromatic heterocycles. The van der Waals surface area contributed by atoms with Crippen molar-refractivity contribution in [2.75, 3.05) is 6.54 Å². The van der Waals surface area contributed by atoms with Gasteiger partial charge in [0.1, 0.15) is 0 Å². The molecular weight excluding hydrogens is 110 g/mol. The molecule has 0 saturated carbocycles. The molecule has 1 atom stereocenters. The zero-order valence-corrected chi connectivity index (χ0v) is 5.80. The lowest BCUT2D eigenvalue weighted by molar-refractivity contribution is 0.665. The smallest absolute Gasteiger partial charge is 0.00111 e. The summed E-state index contributed by atoms with van der Waals surface area (Å²) in [4.78, 5) is 0. The van der Waals surface area contributed by atoms with Gasteiger partial charge >= 0.3 is 0 Å². The quantitative estimate of drug-likeness (QED) is 0.561. The van der Waals surface area contributed by atoms with Crippen molar-refractivity contribution in [1.29, 1.82) is 0 Å². The monoisotopic (exact) mass is 123 g/mol. The first-order valence-corrected chi connectivity index (χ1v) is 3.38. The van der Waals surface area contributed by atoms with Gasteiger partial charge in [-0.3, -0.25) is 0 Å². The van der Waals surface area contributed by atoms with Crippen LogP contribution < -0.4 is 5.73 Å². The van der Waals surface area contributed by atoms with E-state index in [1.807, 2.05) is 0 Å². The Labute approximate surface area is 56.2 Å². The molecule has 0 amide bonds. The van der Waals surface area contributed by atoms with Crippen molar-refractivity contribution in [3.05, 3.63) is 23.8 Å². The van der Waals surface area contributed by atoms with Crippen LogP contribution in [0.3, 0.4) is 0 Å². The summed E-state index contributed by atoms with van der Waals surface area (Å²) in [5.74, 6) is 0.591. The molecule has 0 fully saturated rings. The van der Waals surface area contributed by atoms with E-state index in [2.05, 4.69) is 25.2 Å². The number of rotatable bonds is 1. The summed E-state index contributed by atoms with van der Waals surface area (Å²) in [5, 5.41) is 0. The van der Waals surface area contributed by atoms with Crippen LogP contribution in [0, 0.1) is 5.92 Å². The van der Waals surface area contributed by atoms with Crippen molar-refractivity contribution < 1.29 is 0 Å². The standard InChI is InChI=1S/C8H13N/c1-7-2-4-8(6-9)5-3-7/h2-4,8H,5-6,9H2,1H3/t8-/m0/s1. The highest BCUT2D eigenvalue weighted by Gasteiger charge is 2.02. The van der Waals surface area contributed by atoms with Crippen LogP contribution in [0.25, 0.3) is 0 Å². The first kappa shape index (κ1) is 6.56. The molecule has 1 rings (SSSR count). The Morgan fingerprint density at radius 3 is 3.00 bits per heavy atom. The van der Waals surface area contributed by atoms with E-state index in [0.717, 1.165) is 13.0 Å². The molecule has 1 nitrogen and oxygen atoms in total. The highest BCUT2D eigenvalue weighted by atomic mass is 14.5. The van der Waals surface area contributed by atoms with E-state index >= 15 is 0 Å². The average molecular weight is 123 g/mol. The fourth-order valence-electron chi connectivity index (χ4n) is 0.947. The predicted molar refractivity (Wildman–Crippen MR) is 40.1 cm³/mol. The number of hydrogen-bond acceptors (Lipinski definition) is 1. The minimum atomic E-state index is 0.591. The predicted octanol–water partition coefficient (Wildman–Crippen LogP) is 1.47. The highest BCUT2D eigenvalue weighted by Crippen LogP contribution is 2.13. The van der Waals surface area contributed by atoms with E-state index in [4.69, 9.17) is 5.73 Å². The largest absolute Gasteiger partial charge is 0.330 e. The van der Waals surface area contributed by atoms with Gasteiger partial charge in [0.25, 0.3) is 0 Å². The van der Waals surface area contributed by atoms with E-state index in [9.17, 15) is 0 Å². The Kier molecular flexibility index (Phi) is 2.06. The van der Waals surface area contributed by atoms with Crippen LogP contribution in [0.4, 0.5) is 0 Å². The Balaban J connectivity index is 2.48. The van der Waals surface area contributed by atoms with Crippen LogP contribution in [0.1, 0.15) is 13.3 Å². The van der Waals surface area contributed by atoms with E-state index < -0.39 is 0 Å². The summed E-state index contributed by atoms with van der Waals surface area (Å²) in [6.07, 6.45) is 7.69. The molecule has 2 N–H and O–H groups in total. The summed E-state index contributed by atoms with van der Waals surface area (Å²) in [6.45, 7) is 2.89. The number of nitrogens with two attached hydrogens (primary N) is 1. The second-order valence-corrected chi connectivity index (χ2v) is 2.54. The third-order valence-electron chi connectivity index (χ3n) is 1.68. The van der Waals surface area contributed by atoms with Crippen LogP contribution in [-0.4, -0.2) is 6.54 Å². The van der Waals surface area contributed by atoms with Gasteiger partial charge in [-0.1, -0.05) is 23.8 Å². The lowest BCUT2D eigenvalue weighted by Crippen LogP contribution is -2.12. The van der Waals surface area contributed by atoms with Crippen molar-refractivity contribution in [1.82, 2.24) is 0 Å². The second-order valence-electron chi connectivity index (χ2n) is 2.54. The molecule has 50 valence electrons. The van der Waals surface area contributed by atoms with Crippen molar-refractivity contribution in [3.8, 4) is 0 Å². The SMILES string of the molecule is CC1=CC[C@@H](CN)C=C1. The fraction of sp³-hybridized carbons (Fsp3) is 0.500. The van der Waals surface area contributed by atoms with Crippen molar-refractivity contribution in [2.24, 2.45) is 11.7 Å². The van der Waals surface area contributed by atoms with Gasteiger partial charge in [0.15, 0.2) is 0 Å². The van der Waals surface area contributed by atoms with Crippen molar-refractivity contribution >= 4 is 0 Å². The molecule has 1 aliphatic carbocycles. The van der Waals surface area contributed by atoms with Crippen LogP contribution in [-0.2, 0) is 0 Å². The Hall–Kier alpha value is -0.560. The summed E-state index contributed by atoms with van der Waals surface area (Å²) in [6, 6.07) is 0. The summed E-state index contributed by atoms with van der Waals surface area (Å²) >= 11 is 0. The molecule has 0 aromatic rings. The van der Waals surface area contributed by atoms with Gasteiger partial charge in [-0.25, -0.2) is 0 Å². The van der Waals surface area contributed by atoms with Crippen LogP contribution in [0.15, 0.2) is 23.8 Å². The van der Waals surface area contributed by atoms with Crippen molar-refractivity contribution in [2.45, 2.75) is 13.3 Å². The molecule has 0 unspecified atom stereocenters. The minimum absolute atomic E-state index is 0.591.